The number of carbonyl (C=O) groups excluding carboxylic acids is 2. The minimum Gasteiger partial charge on any atom is -0.293 e. The second kappa shape index (κ2) is 7.82. The predicted molar refractivity (Wildman–Crippen MR) is 112 cm³/mol. The zero-order valence-corrected chi connectivity index (χ0v) is 16.1. The molecule has 0 aliphatic heterocycles. The minimum absolute atomic E-state index is 0.0683. The molecule has 3 aromatic carbocycles. The maximum atomic E-state index is 13.1. The molecule has 0 saturated heterocycles. The third-order valence-electron chi connectivity index (χ3n) is 4.48. The molecule has 0 amide bonds. The molecule has 0 N–H and O–H groups in total. The third-order valence-corrected chi connectivity index (χ3v) is 5.47. The van der Waals surface area contributed by atoms with Gasteiger partial charge in [0.25, 0.3) is 5.91 Å². The number of aromatic nitrogens is 2. The van der Waals surface area contributed by atoms with E-state index in [1.807, 2.05) is 79.7 Å². The Morgan fingerprint density at radius 3 is 2.43 bits per heavy atom. The fourth-order valence-corrected chi connectivity index (χ4v) is 3.96. The van der Waals surface area contributed by atoms with E-state index in [0.29, 0.717) is 22.7 Å². The molecule has 0 bridgehead atoms. The van der Waals surface area contributed by atoms with Crippen molar-refractivity contribution >= 4 is 34.5 Å². The summed E-state index contributed by atoms with van der Waals surface area (Å²) in [5, 5.41) is 0. The molecule has 28 heavy (non-hydrogen) atoms. The minimum atomic E-state index is -0.122. The summed E-state index contributed by atoms with van der Waals surface area (Å²) in [7, 11) is 0. The Kier molecular flexibility index (Phi) is 5.08. The highest BCUT2D eigenvalue weighted by Gasteiger charge is 2.16. The molecule has 1 aromatic heterocycles. The van der Waals surface area contributed by atoms with Gasteiger partial charge in [0.15, 0.2) is 5.78 Å². The smallest absolute Gasteiger partial charge is 0.263 e. The first kappa shape index (κ1) is 18.2. The second-order valence-electron chi connectivity index (χ2n) is 6.39. The summed E-state index contributed by atoms with van der Waals surface area (Å²) in [6.45, 7) is 1.83. The Hall–Kier alpha value is -3.18. The molecule has 138 valence electrons. The molecule has 4 rings (SSSR count). The molecule has 0 radical (unpaired) electrons. The Labute approximate surface area is 167 Å². The zero-order chi connectivity index (χ0) is 19.5. The summed E-state index contributed by atoms with van der Waals surface area (Å²) in [5.74, 6) is 0.930. The lowest BCUT2D eigenvalue weighted by Gasteiger charge is -2.08. The summed E-state index contributed by atoms with van der Waals surface area (Å²) in [4.78, 5) is 30.8. The van der Waals surface area contributed by atoms with Crippen LogP contribution in [-0.2, 0) is 0 Å². The fourth-order valence-electron chi connectivity index (χ4n) is 3.11. The zero-order valence-electron chi connectivity index (χ0n) is 15.3. The van der Waals surface area contributed by atoms with Gasteiger partial charge in [-0.15, -0.1) is 11.8 Å². The van der Waals surface area contributed by atoms with E-state index >= 15 is 0 Å². The largest absolute Gasteiger partial charge is 0.293 e. The van der Waals surface area contributed by atoms with Gasteiger partial charge in [0, 0.05) is 16.0 Å². The van der Waals surface area contributed by atoms with E-state index in [4.69, 9.17) is 0 Å². The van der Waals surface area contributed by atoms with E-state index in [9.17, 15) is 9.59 Å². The van der Waals surface area contributed by atoms with Crippen LogP contribution in [0.3, 0.4) is 0 Å². The van der Waals surface area contributed by atoms with Gasteiger partial charge in [-0.3, -0.25) is 14.2 Å². The number of para-hydroxylation sites is 2. The van der Waals surface area contributed by atoms with Crippen molar-refractivity contribution in [1.29, 1.82) is 0 Å². The number of Topliss-reactive ketones (excluding diaryl/α,β-unsaturated/α-hetero) is 1. The van der Waals surface area contributed by atoms with Crippen molar-refractivity contribution in [1.82, 2.24) is 9.55 Å². The molecule has 5 heteroatoms. The molecular weight excluding hydrogens is 368 g/mol. The van der Waals surface area contributed by atoms with Crippen molar-refractivity contribution in [2.24, 2.45) is 0 Å². The lowest BCUT2D eigenvalue weighted by molar-refractivity contribution is 0.0961. The highest BCUT2D eigenvalue weighted by molar-refractivity contribution is 8.00. The van der Waals surface area contributed by atoms with Gasteiger partial charge in [0.2, 0.25) is 0 Å². The van der Waals surface area contributed by atoms with Crippen LogP contribution in [0.4, 0.5) is 0 Å². The van der Waals surface area contributed by atoms with Crippen molar-refractivity contribution in [3.8, 4) is 0 Å². The first-order valence-electron chi connectivity index (χ1n) is 8.93. The summed E-state index contributed by atoms with van der Waals surface area (Å²) in [6, 6.07) is 24.2. The standard InChI is InChI=1S/C23H18N2O2S/c1-16-24-20-12-5-6-13-21(20)25(16)23(27)18-10-7-11-19(14-18)28-15-22(26)17-8-3-2-4-9-17/h2-14H,15H2,1H3. The normalized spacial score (nSPS) is 10.9. The molecule has 0 fully saturated rings. The van der Waals surface area contributed by atoms with Crippen LogP contribution in [0.5, 0.6) is 0 Å². The van der Waals surface area contributed by atoms with Crippen molar-refractivity contribution < 1.29 is 9.59 Å². The van der Waals surface area contributed by atoms with Crippen molar-refractivity contribution in [2.75, 3.05) is 5.75 Å². The quantitative estimate of drug-likeness (QED) is 0.357. The molecule has 4 aromatic rings. The topological polar surface area (TPSA) is 52.0 Å². The van der Waals surface area contributed by atoms with Gasteiger partial charge >= 0.3 is 0 Å². The van der Waals surface area contributed by atoms with E-state index in [0.717, 1.165) is 15.9 Å². The van der Waals surface area contributed by atoms with E-state index in [2.05, 4.69) is 4.98 Å². The van der Waals surface area contributed by atoms with E-state index in [-0.39, 0.29) is 11.7 Å². The summed E-state index contributed by atoms with van der Waals surface area (Å²) < 4.78 is 1.63. The average Bonchev–Trinajstić information content (AvgIpc) is 3.08. The lowest BCUT2D eigenvalue weighted by atomic mass is 10.2. The third kappa shape index (κ3) is 3.62. The van der Waals surface area contributed by atoms with Gasteiger partial charge in [0.1, 0.15) is 5.82 Å². The summed E-state index contributed by atoms with van der Waals surface area (Å²) >= 11 is 1.43. The SMILES string of the molecule is Cc1nc2ccccc2n1C(=O)c1cccc(SCC(=O)c2ccccc2)c1. The Morgan fingerprint density at radius 1 is 0.893 bits per heavy atom. The number of hydrogen-bond acceptors (Lipinski definition) is 4. The van der Waals surface area contributed by atoms with Gasteiger partial charge in [-0.1, -0.05) is 48.5 Å². The van der Waals surface area contributed by atoms with Crippen LogP contribution in [0, 0.1) is 6.92 Å². The maximum Gasteiger partial charge on any atom is 0.263 e. The number of hydrogen-bond donors (Lipinski definition) is 0. The van der Waals surface area contributed by atoms with Gasteiger partial charge < -0.3 is 0 Å². The highest BCUT2D eigenvalue weighted by atomic mass is 32.2. The van der Waals surface area contributed by atoms with Crippen LogP contribution >= 0.6 is 11.8 Å². The number of nitrogens with zero attached hydrogens (tertiary/aromatic N) is 2. The number of fused-ring (bicyclic) bond motifs is 1. The van der Waals surface area contributed by atoms with Crippen LogP contribution in [0.1, 0.15) is 26.5 Å². The fraction of sp³-hybridized carbons (Fsp3) is 0.0870. The highest BCUT2D eigenvalue weighted by Crippen LogP contribution is 2.23. The first-order valence-corrected chi connectivity index (χ1v) is 9.92. The lowest BCUT2D eigenvalue weighted by Crippen LogP contribution is -2.13. The van der Waals surface area contributed by atoms with Crippen molar-refractivity contribution in [3.05, 3.63) is 95.8 Å². The monoisotopic (exact) mass is 386 g/mol. The molecule has 0 spiro atoms. The molecule has 0 aliphatic rings. The number of benzene rings is 3. The number of thioether (sulfide) groups is 1. The van der Waals surface area contributed by atoms with Crippen LogP contribution in [0.15, 0.2) is 83.8 Å². The van der Waals surface area contributed by atoms with Gasteiger partial charge in [-0.2, -0.15) is 0 Å². The summed E-state index contributed by atoms with van der Waals surface area (Å²) in [5.41, 5.74) is 2.86. The number of aryl methyl sites for hydroxylation is 1. The van der Waals surface area contributed by atoms with Crippen molar-refractivity contribution in [2.45, 2.75) is 11.8 Å². The summed E-state index contributed by atoms with van der Waals surface area (Å²) in [6.07, 6.45) is 0. The Balaban J connectivity index is 1.56. The van der Waals surface area contributed by atoms with Crippen molar-refractivity contribution in [3.63, 3.8) is 0 Å². The number of rotatable bonds is 5. The molecule has 1 heterocycles. The average molecular weight is 386 g/mol. The van der Waals surface area contributed by atoms with Crippen LogP contribution in [0.25, 0.3) is 11.0 Å². The number of ketones is 1. The molecule has 0 aliphatic carbocycles. The molecular formula is C23H18N2O2S. The Bertz CT molecular complexity index is 1170. The number of carbonyl (C=O) groups is 2. The molecule has 0 saturated carbocycles. The second-order valence-corrected chi connectivity index (χ2v) is 7.44. The first-order chi connectivity index (χ1) is 13.6. The Morgan fingerprint density at radius 2 is 1.61 bits per heavy atom. The molecule has 0 unspecified atom stereocenters. The predicted octanol–water partition coefficient (Wildman–Crippen LogP) is 5.01. The number of imidazole rings is 1. The van der Waals surface area contributed by atoms with E-state index < -0.39 is 0 Å². The molecule has 4 nitrogen and oxygen atoms in total. The van der Waals surface area contributed by atoms with Crippen LogP contribution < -0.4 is 0 Å². The van der Waals surface area contributed by atoms with Gasteiger partial charge in [-0.05, 0) is 37.3 Å². The van der Waals surface area contributed by atoms with Gasteiger partial charge in [0.05, 0.1) is 16.8 Å². The molecule has 0 atom stereocenters. The van der Waals surface area contributed by atoms with Crippen LogP contribution in [-0.4, -0.2) is 27.0 Å². The van der Waals surface area contributed by atoms with E-state index in [1.54, 1.807) is 10.6 Å². The van der Waals surface area contributed by atoms with E-state index in [1.165, 1.54) is 11.8 Å². The van der Waals surface area contributed by atoms with Gasteiger partial charge in [-0.25, -0.2) is 4.98 Å². The van der Waals surface area contributed by atoms with Crippen LogP contribution in [0.2, 0.25) is 0 Å². The maximum absolute atomic E-state index is 13.1.